The van der Waals surface area contributed by atoms with Crippen LogP contribution in [0.2, 0.25) is 0 Å². The van der Waals surface area contributed by atoms with Crippen LogP contribution in [0.1, 0.15) is 20.8 Å². The molecule has 3 N–H and O–H groups in total. The van der Waals surface area contributed by atoms with Crippen LogP contribution < -0.4 is 5.32 Å². The van der Waals surface area contributed by atoms with Gasteiger partial charge in [0, 0.05) is 17.1 Å². The number of H-pyrrole nitrogens is 1. The number of aromatic amines is 1. The number of nitrogens with one attached hydrogen (secondary N) is 2. The van der Waals surface area contributed by atoms with Gasteiger partial charge in [-0.1, -0.05) is 20.8 Å². The van der Waals surface area contributed by atoms with Crippen LogP contribution in [0.15, 0.2) is 24.7 Å². The summed E-state index contributed by atoms with van der Waals surface area (Å²) in [6.07, 6.45) is 3.75. The summed E-state index contributed by atoms with van der Waals surface area (Å²) in [5.74, 6) is -0.900. The lowest BCUT2D eigenvalue weighted by Gasteiger charge is -2.30. The van der Waals surface area contributed by atoms with Crippen LogP contribution in [-0.4, -0.2) is 37.7 Å². The summed E-state index contributed by atoms with van der Waals surface area (Å²) in [5, 5.41) is 13.0. The van der Waals surface area contributed by atoms with Gasteiger partial charge in [0.15, 0.2) is 17.5 Å². The molecule has 3 aromatic heterocycles. The second-order valence-corrected chi connectivity index (χ2v) is 6.89. The number of anilines is 1. The molecule has 25 heavy (non-hydrogen) atoms. The van der Waals surface area contributed by atoms with Gasteiger partial charge in [0.2, 0.25) is 0 Å². The number of aliphatic hydroxyl groups excluding tert-OH is 1. The van der Waals surface area contributed by atoms with Crippen molar-refractivity contribution in [2.45, 2.75) is 26.8 Å². The molecule has 0 aliphatic carbocycles. The SMILES string of the molecule is CC(C)(C)[C@H](CO)Nc1nc(-c2c[nH]c3ncc(F)cc23)ncc1F. The first-order valence-electron chi connectivity index (χ1n) is 7.82. The third-order valence-corrected chi connectivity index (χ3v) is 4.02. The van der Waals surface area contributed by atoms with Crippen LogP contribution in [0.3, 0.4) is 0 Å². The molecule has 0 saturated heterocycles. The molecule has 0 fully saturated rings. The number of aliphatic hydroxyl groups is 1. The van der Waals surface area contributed by atoms with Gasteiger partial charge in [-0.2, -0.15) is 0 Å². The highest BCUT2D eigenvalue weighted by Gasteiger charge is 2.25. The standard InChI is InChI=1S/C17H19F2N5O/c1-17(2,3)13(8-25)23-16-12(19)7-22-15(24-16)11-6-21-14-10(11)4-9(18)5-20-14/h4-7,13,25H,8H2,1-3H3,(H,20,21)(H,22,23,24)/t13-/m0/s1. The zero-order valence-corrected chi connectivity index (χ0v) is 14.1. The fourth-order valence-electron chi connectivity index (χ4n) is 2.46. The number of nitrogens with zero attached hydrogens (tertiary/aromatic N) is 3. The summed E-state index contributed by atoms with van der Waals surface area (Å²) in [5.41, 5.74) is 0.697. The quantitative estimate of drug-likeness (QED) is 0.675. The van der Waals surface area contributed by atoms with Crippen LogP contribution in [0, 0.1) is 17.0 Å². The van der Waals surface area contributed by atoms with E-state index >= 15 is 0 Å². The Bertz CT molecular complexity index is 904. The first kappa shape index (κ1) is 17.2. The minimum atomic E-state index is -0.629. The Labute approximate surface area is 143 Å². The van der Waals surface area contributed by atoms with Gasteiger partial charge in [0.05, 0.1) is 25.0 Å². The van der Waals surface area contributed by atoms with Gasteiger partial charge in [-0.15, -0.1) is 0 Å². The summed E-state index contributed by atoms with van der Waals surface area (Å²) >= 11 is 0. The molecule has 8 heteroatoms. The van der Waals surface area contributed by atoms with Crippen molar-refractivity contribution in [3.05, 3.63) is 36.3 Å². The molecular formula is C17H19F2N5O. The van der Waals surface area contributed by atoms with E-state index in [0.717, 1.165) is 12.4 Å². The lowest BCUT2D eigenvalue weighted by atomic mass is 9.87. The van der Waals surface area contributed by atoms with Gasteiger partial charge in [0.25, 0.3) is 0 Å². The molecule has 6 nitrogen and oxygen atoms in total. The third-order valence-electron chi connectivity index (χ3n) is 4.02. The highest BCUT2D eigenvalue weighted by molar-refractivity contribution is 5.91. The van der Waals surface area contributed by atoms with E-state index in [0.29, 0.717) is 16.6 Å². The first-order chi connectivity index (χ1) is 11.8. The zero-order chi connectivity index (χ0) is 18.2. The Morgan fingerprint density at radius 3 is 2.68 bits per heavy atom. The van der Waals surface area contributed by atoms with E-state index in [1.165, 1.54) is 6.07 Å². The molecule has 0 aliphatic rings. The molecule has 0 aromatic carbocycles. The number of halogens is 2. The molecule has 0 saturated carbocycles. The predicted molar refractivity (Wildman–Crippen MR) is 91.0 cm³/mol. The van der Waals surface area contributed by atoms with Gasteiger partial charge >= 0.3 is 0 Å². The Balaban J connectivity index is 2.02. The molecule has 3 rings (SSSR count). The van der Waals surface area contributed by atoms with Crippen LogP contribution in [0.5, 0.6) is 0 Å². The highest BCUT2D eigenvalue weighted by atomic mass is 19.1. The molecule has 0 unspecified atom stereocenters. The molecule has 0 aliphatic heterocycles. The van der Waals surface area contributed by atoms with Crippen molar-refractivity contribution in [3.8, 4) is 11.4 Å². The lowest BCUT2D eigenvalue weighted by molar-refractivity contribution is 0.201. The number of hydrogen-bond donors (Lipinski definition) is 3. The largest absolute Gasteiger partial charge is 0.394 e. The molecule has 0 spiro atoms. The monoisotopic (exact) mass is 347 g/mol. The van der Waals surface area contributed by atoms with Crippen LogP contribution >= 0.6 is 0 Å². The van der Waals surface area contributed by atoms with Crippen molar-refractivity contribution in [2.24, 2.45) is 5.41 Å². The molecule has 3 heterocycles. The van der Waals surface area contributed by atoms with Gasteiger partial charge in [-0.05, 0) is 11.5 Å². The van der Waals surface area contributed by atoms with Gasteiger partial charge < -0.3 is 15.4 Å². The summed E-state index contributed by atoms with van der Waals surface area (Å²) < 4.78 is 27.6. The maximum Gasteiger partial charge on any atom is 0.183 e. The first-order valence-corrected chi connectivity index (χ1v) is 7.82. The molecular weight excluding hydrogens is 328 g/mol. The smallest absolute Gasteiger partial charge is 0.183 e. The fourth-order valence-corrected chi connectivity index (χ4v) is 2.46. The topological polar surface area (TPSA) is 86.7 Å². The number of aromatic nitrogens is 4. The maximum absolute atomic E-state index is 14.1. The van der Waals surface area contributed by atoms with Crippen LogP contribution in [-0.2, 0) is 0 Å². The average molecular weight is 347 g/mol. The minimum Gasteiger partial charge on any atom is -0.394 e. The fraction of sp³-hybridized carbons (Fsp3) is 0.353. The van der Waals surface area contributed by atoms with Crippen LogP contribution in [0.4, 0.5) is 14.6 Å². The Kier molecular flexibility index (Phi) is 4.38. The van der Waals surface area contributed by atoms with E-state index in [-0.39, 0.29) is 23.7 Å². The normalized spacial score (nSPS) is 13.2. The molecule has 1 atom stereocenters. The number of hydrogen-bond acceptors (Lipinski definition) is 5. The van der Waals surface area contributed by atoms with Crippen molar-refractivity contribution in [2.75, 3.05) is 11.9 Å². The van der Waals surface area contributed by atoms with E-state index < -0.39 is 17.7 Å². The van der Waals surface area contributed by atoms with E-state index in [9.17, 15) is 13.9 Å². The zero-order valence-electron chi connectivity index (χ0n) is 14.1. The summed E-state index contributed by atoms with van der Waals surface area (Å²) in [7, 11) is 0. The van der Waals surface area contributed by atoms with Gasteiger partial charge in [-0.3, -0.25) is 0 Å². The van der Waals surface area contributed by atoms with E-state index in [2.05, 4.69) is 25.3 Å². The van der Waals surface area contributed by atoms with Crippen molar-refractivity contribution in [1.29, 1.82) is 0 Å². The van der Waals surface area contributed by atoms with Gasteiger partial charge in [0.1, 0.15) is 11.5 Å². The number of fused-ring (bicyclic) bond motifs is 1. The minimum absolute atomic E-state index is 0.0160. The van der Waals surface area contributed by atoms with Crippen molar-refractivity contribution < 1.29 is 13.9 Å². The molecule has 3 aromatic rings. The van der Waals surface area contributed by atoms with Crippen molar-refractivity contribution >= 4 is 16.9 Å². The third kappa shape index (κ3) is 3.43. The Hall–Kier alpha value is -2.61. The molecule has 0 amide bonds. The van der Waals surface area contributed by atoms with E-state index in [1.54, 1.807) is 6.20 Å². The predicted octanol–water partition coefficient (Wildman–Crippen LogP) is 3.12. The summed E-state index contributed by atoms with van der Waals surface area (Å²) in [6.45, 7) is 5.60. The maximum atomic E-state index is 14.1. The summed E-state index contributed by atoms with van der Waals surface area (Å²) in [6, 6.07) is 0.923. The Morgan fingerprint density at radius 1 is 1.24 bits per heavy atom. The summed E-state index contributed by atoms with van der Waals surface area (Å²) in [4.78, 5) is 15.1. The Morgan fingerprint density at radius 2 is 2.00 bits per heavy atom. The molecule has 0 bridgehead atoms. The van der Waals surface area contributed by atoms with Crippen molar-refractivity contribution in [1.82, 2.24) is 19.9 Å². The second kappa shape index (κ2) is 6.36. The number of rotatable bonds is 4. The van der Waals surface area contributed by atoms with E-state index in [1.807, 2.05) is 20.8 Å². The second-order valence-electron chi connectivity index (χ2n) is 6.89. The van der Waals surface area contributed by atoms with E-state index in [4.69, 9.17) is 0 Å². The van der Waals surface area contributed by atoms with Gasteiger partial charge in [-0.25, -0.2) is 23.7 Å². The average Bonchev–Trinajstić information content (AvgIpc) is 2.96. The number of pyridine rings is 1. The van der Waals surface area contributed by atoms with Crippen LogP contribution in [0.25, 0.3) is 22.4 Å². The van der Waals surface area contributed by atoms with Crippen molar-refractivity contribution in [3.63, 3.8) is 0 Å². The molecule has 0 radical (unpaired) electrons. The highest BCUT2D eigenvalue weighted by Crippen LogP contribution is 2.28. The lowest BCUT2D eigenvalue weighted by Crippen LogP contribution is -2.37. The molecule has 132 valence electrons.